The minimum Gasteiger partial charge on any atom is -0.507 e. The van der Waals surface area contributed by atoms with Gasteiger partial charge in [-0.05, 0) is 36.0 Å². The Morgan fingerprint density at radius 2 is 1.50 bits per heavy atom. The highest BCUT2D eigenvalue weighted by Crippen LogP contribution is 2.40. The molecule has 0 radical (unpaired) electrons. The number of aryl methyl sites for hydroxylation is 2. The van der Waals surface area contributed by atoms with Crippen LogP contribution in [0.4, 0.5) is 0 Å². The van der Waals surface area contributed by atoms with Gasteiger partial charge in [0.25, 0.3) is 0 Å². The van der Waals surface area contributed by atoms with E-state index in [0.717, 1.165) is 37.3 Å². The summed E-state index contributed by atoms with van der Waals surface area (Å²) in [5, 5.41) is 13.4. The number of nitrogens with zero attached hydrogens (tertiary/aromatic N) is 1. The van der Waals surface area contributed by atoms with Gasteiger partial charge in [0, 0.05) is 32.2 Å². The lowest BCUT2D eigenvalue weighted by atomic mass is 9.80. The van der Waals surface area contributed by atoms with Crippen LogP contribution in [-0.4, -0.2) is 36.2 Å². The molecule has 128 valence electrons. The smallest absolute Gasteiger partial charge is 0.121 e. The molecule has 1 heterocycles. The topological polar surface area (TPSA) is 35.5 Å². The van der Waals surface area contributed by atoms with Gasteiger partial charge in [-0.1, -0.05) is 32.9 Å². The van der Waals surface area contributed by atoms with Crippen LogP contribution in [-0.2, 0) is 0 Å². The highest BCUT2D eigenvalue weighted by atomic mass is 35.5. The maximum Gasteiger partial charge on any atom is 0.121 e. The van der Waals surface area contributed by atoms with E-state index in [-0.39, 0.29) is 30.2 Å². The molecule has 0 saturated carbocycles. The fourth-order valence-electron chi connectivity index (χ4n) is 3.35. The number of hydrogen-bond donors (Lipinski definition) is 2. The number of halogens is 2. The lowest BCUT2D eigenvalue weighted by Gasteiger charge is -2.43. The van der Waals surface area contributed by atoms with E-state index >= 15 is 0 Å². The Morgan fingerprint density at radius 3 is 1.91 bits per heavy atom. The van der Waals surface area contributed by atoms with Gasteiger partial charge in [0.1, 0.15) is 5.75 Å². The van der Waals surface area contributed by atoms with Gasteiger partial charge in [0.2, 0.25) is 0 Å². The van der Waals surface area contributed by atoms with Gasteiger partial charge in [0.15, 0.2) is 0 Å². The first-order chi connectivity index (χ1) is 9.30. The first-order valence-electron chi connectivity index (χ1n) is 7.55. The summed E-state index contributed by atoms with van der Waals surface area (Å²) >= 11 is 0. The third kappa shape index (κ3) is 4.76. The monoisotopic (exact) mass is 348 g/mol. The second-order valence-corrected chi connectivity index (χ2v) is 7.06. The summed E-state index contributed by atoms with van der Waals surface area (Å²) in [6.07, 6.45) is 0. The molecule has 0 bridgehead atoms. The lowest BCUT2D eigenvalue weighted by Crippen LogP contribution is -2.48. The molecule has 1 aromatic carbocycles. The first-order valence-corrected chi connectivity index (χ1v) is 7.55. The van der Waals surface area contributed by atoms with Gasteiger partial charge in [-0.15, -0.1) is 24.8 Å². The molecule has 0 aliphatic carbocycles. The van der Waals surface area contributed by atoms with Crippen LogP contribution < -0.4 is 5.32 Å². The molecule has 5 heteroatoms. The highest BCUT2D eigenvalue weighted by molar-refractivity contribution is 5.85. The Balaban J connectivity index is 0.00000220. The first kappa shape index (κ1) is 21.5. The van der Waals surface area contributed by atoms with Crippen LogP contribution in [0, 0.1) is 19.3 Å². The third-order valence-corrected chi connectivity index (χ3v) is 4.17. The standard InChI is InChI=1S/C17H28N2O.2ClH/c1-12-10-14(11-13(2)15(12)20)16(17(3,4)5)19-8-6-18-7-9-19;;/h10-11,16,18,20H,6-9H2,1-5H3;2*1H/t16-;;/m0../s1. The van der Waals surface area contributed by atoms with E-state index in [0.29, 0.717) is 11.8 Å². The van der Waals surface area contributed by atoms with Gasteiger partial charge in [-0.2, -0.15) is 0 Å². The summed E-state index contributed by atoms with van der Waals surface area (Å²) in [7, 11) is 0. The number of nitrogens with one attached hydrogen (secondary N) is 1. The number of phenolic OH excluding ortho intramolecular Hbond substituents is 1. The Hall–Kier alpha value is -0.480. The molecular weight excluding hydrogens is 319 g/mol. The average molecular weight is 349 g/mol. The fourth-order valence-corrected chi connectivity index (χ4v) is 3.35. The van der Waals surface area contributed by atoms with Crippen LogP contribution >= 0.6 is 24.8 Å². The van der Waals surface area contributed by atoms with E-state index in [1.807, 2.05) is 13.8 Å². The third-order valence-electron chi connectivity index (χ3n) is 4.17. The largest absolute Gasteiger partial charge is 0.507 e. The summed E-state index contributed by atoms with van der Waals surface area (Å²) in [6.45, 7) is 15.2. The maximum atomic E-state index is 10.0. The minimum atomic E-state index is 0. The van der Waals surface area contributed by atoms with Crippen molar-refractivity contribution >= 4 is 24.8 Å². The molecule has 0 aromatic heterocycles. The molecule has 2 N–H and O–H groups in total. The second-order valence-electron chi connectivity index (χ2n) is 7.06. The Bertz CT molecular complexity index is 457. The molecule has 1 aliphatic heterocycles. The maximum absolute atomic E-state index is 10.0. The van der Waals surface area contributed by atoms with E-state index in [4.69, 9.17) is 0 Å². The van der Waals surface area contributed by atoms with Crippen LogP contribution in [0.5, 0.6) is 5.75 Å². The molecule has 0 amide bonds. The molecule has 3 nitrogen and oxygen atoms in total. The normalized spacial score (nSPS) is 17.3. The lowest BCUT2D eigenvalue weighted by molar-refractivity contribution is 0.0861. The summed E-state index contributed by atoms with van der Waals surface area (Å²) in [5.41, 5.74) is 3.45. The van der Waals surface area contributed by atoms with Gasteiger partial charge in [-0.25, -0.2) is 0 Å². The van der Waals surface area contributed by atoms with Crippen LogP contribution in [0.3, 0.4) is 0 Å². The van der Waals surface area contributed by atoms with Crippen molar-refractivity contribution < 1.29 is 5.11 Å². The number of benzene rings is 1. The van der Waals surface area contributed by atoms with Crippen molar-refractivity contribution in [3.05, 3.63) is 28.8 Å². The van der Waals surface area contributed by atoms with Crippen molar-refractivity contribution in [2.24, 2.45) is 5.41 Å². The van der Waals surface area contributed by atoms with Gasteiger partial charge in [-0.3, -0.25) is 4.90 Å². The van der Waals surface area contributed by atoms with E-state index < -0.39 is 0 Å². The number of hydrogen-bond acceptors (Lipinski definition) is 3. The minimum absolute atomic E-state index is 0. The molecule has 1 atom stereocenters. The molecule has 0 spiro atoms. The van der Waals surface area contributed by atoms with Gasteiger partial charge < -0.3 is 10.4 Å². The number of piperazine rings is 1. The number of aromatic hydroxyl groups is 1. The average Bonchev–Trinajstić information content (AvgIpc) is 2.35. The van der Waals surface area contributed by atoms with Crippen molar-refractivity contribution in [2.75, 3.05) is 26.2 Å². The van der Waals surface area contributed by atoms with Crippen LogP contribution in [0.2, 0.25) is 0 Å². The van der Waals surface area contributed by atoms with E-state index in [2.05, 4.69) is 43.1 Å². The van der Waals surface area contributed by atoms with Crippen molar-refractivity contribution in [1.29, 1.82) is 0 Å². The molecule has 1 aliphatic rings. The number of rotatable bonds is 2. The van der Waals surface area contributed by atoms with E-state index in [1.165, 1.54) is 5.56 Å². The molecule has 1 aromatic rings. The highest BCUT2D eigenvalue weighted by Gasteiger charge is 2.32. The van der Waals surface area contributed by atoms with E-state index in [9.17, 15) is 5.11 Å². The fraction of sp³-hybridized carbons (Fsp3) is 0.647. The SMILES string of the molecule is Cc1cc([C@H](N2CCNCC2)C(C)(C)C)cc(C)c1O.Cl.Cl. The van der Waals surface area contributed by atoms with Crippen LogP contribution in [0.25, 0.3) is 0 Å². The quantitative estimate of drug-likeness (QED) is 0.851. The van der Waals surface area contributed by atoms with E-state index in [1.54, 1.807) is 0 Å². The molecule has 1 fully saturated rings. The summed E-state index contributed by atoms with van der Waals surface area (Å²) in [6, 6.07) is 4.70. The summed E-state index contributed by atoms with van der Waals surface area (Å²) in [5.74, 6) is 0.432. The van der Waals surface area contributed by atoms with Crippen LogP contribution in [0.1, 0.15) is 43.5 Å². The Kier molecular flexibility index (Phi) is 8.21. The van der Waals surface area contributed by atoms with Crippen molar-refractivity contribution in [3.63, 3.8) is 0 Å². The second kappa shape index (κ2) is 8.39. The molecule has 0 unspecified atom stereocenters. The zero-order chi connectivity index (χ0) is 14.9. The van der Waals surface area contributed by atoms with Crippen molar-refractivity contribution in [3.8, 4) is 5.75 Å². The molecule has 2 rings (SSSR count). The summed E-state index contributed by atoms with van der Waals surface area (Å²) in [4.78, 5) is 2.57. The predicted molar refractivity (Wildman–Crippen MR) is 98.7 cm³/mol. The zero-order valence-corrected chi connectivity index (χ0v) is 15.9. The Morgan fingerprint density at radius 1 is 1.05 bits per heavy atom. The van der Waals surface area contributed by atoms with Crippen molar-refractivity contribution in [2.45, 2.75) is 40.7 Å². The zero-order valence-electron chi connectivity index (χ0n) is 14.3. The van der Waals surface area contributed by atoms with Gasteiger partial charge in [0.05, 0.1) is 0 Å². The molecule has 22 heavy (non-hydrogen) atoms. The summed E-state index contributed by atoms with van der Waals surface area (Å²) < 4.78 is 0. The molecular formula is C17H30Cl2N2O. The number of phenols is 1. The molecule has 1 saturated heterocycles. The van der Waals surface area contributed by atoms with Crippen LogP contribution in [0.15, 0.2) is 12.1 Å². The Labute approximate surface area is 147 Å². The van der Waals surface area contributed by atoms with Crippen molar-refractivity contribution in [1.82, 2.24) is 10.2 Å². The van der Waals surface area contributed by atoms with Gasteiger partial charge >= 0.3 is 0 Å². The predicted octanol–water partition coefficient (Wildman–Crippen LogP) is 3.85.